The van der Waals surface area contributed by atoms with Gasteiger partial charge in [0.25, 0.3) is 5.91 Å². The SMILES string of the molecule is COCCN1C[C@@H](NC(=O)Nc2c(C)c(-c3cnc(OC)c(C(=O)N[C@@H]4CCCOC4)c3)nn2-c2ccccc2)[C@H](c2ccccc2)C1. The molecule has 3 amide bonds. The van der Waals surface area contributed by atoms with Crippen molar-refractivity contribution in [3.63, 3.8) is 0 Å². The maximum absolute atomic E-state index is 13.8. The summed E-state index contributed by atoms with van der Waals surface area (Å²) in [6.07, 6.45) is 3.36. The number of hydrogen-bond donors (Lipinski definition) is 3. The van der Waals surface area contributed by atoms with E-state index in [1.807, 2.05) is 55.5 Å². The fourth-order valence-electron chi connectivity index (χ4n) is 6.48. The zero-order chi connectivity index (χ0) is 33.5. The minimum absolute atomic E-state index is 0.0821. The topological polar surface area (TPSA) is 132 Å². The van der Waals surface area contributed by atoms with E-state index >= 15 is 0 Å². The van der Waals surface area contributed by atoms with Crippen molar-refractivity contribution < 1.29 is 23.8 Å². The van der Waals surface area contributed by atoms with Gasteiger partial charge >= 0.3 is 6.03 Å². The molecule has 12 heteroatoms. The third-order valence-corrected chi connectivity index (χ3v) is 8.96. The van der Waals surface area contributed by atoms with E-state index in [9.17, 15) is 9.59 Å². The van der Waals surface area contributed by atoms with Crippen LogP contribution in [0.3, 0.4) is 0 Å². The van der Waals surface area contributed by atoms with Crippen molar-refractivity contribution in [2.75, 3.05) is 59.0 Å². The zero-order valence-corrected chi connectivity index (χ0v) is 27.6. The number of carbonyl (C=O) groups excluding carboxylic acids is 2. The van der Waals surface area contributed by atoms with Crippen LogP contribution in [-0.4, -0.2) is 97.4 Å². The Hall–Kier alpha value is -4.78. The standard InChI is InChI=1S/C36H43N7O5/c1-24-32(26-19-29(35(47-3)37-20-26)34(44)38-27-13-10-17-48-23-27)41-43(28-14-8-5-9-15-28)33(24)40-36(45)39-31-22-42(16-18-46-2)21-30(31)25-11-6-4-7-12-25/h4-9,11-12,14-15,19-20,27,30-31H,10,13,16-18,21-23H2,1-3H3,(H,38,44)(H2,39,40,45)/t27-,30+,31-/m1/s1. The first-order chi connectivity index (χ1) is 23.4. The third kappa shape index (κ3) is 7.51. The molecule has 2 aliphatic heterocycles. The van der Waals surface area contributed by atoms with Gasteiger partial charge in [0.2, 0.25) is 5.88 Å². The Morgan fingerprint density at radius 1 is 1.02 bits per heavy atom. The first-order valence-electron chi connectivity index (χ1n) is 16.4. The molecule has 0 bridgehead atoms. The van der Waals surface area contributed by atoms with Gasteiger partial charge in [0.1, 0.15) is 11.4 Å². The number of pyridine rings is 1. The van der Waals surface area contributed by atoms with Crippen molar-refractivity contribution in [2.45, 2.75) is 37.8 Å². The second kappa shape index (κ2) is 15.4. The van der Waals surface area contributed by atoms with Gasteiger partial charge in [0, 0.05) is 56.6 Å². The molecule has 12 nitrogen and oxygen atoms in total. The molecule has 0 unspecified atom stereocenters. The molecule has 3 N–H and O–H groups in total. The Morgan fingerprint density at radius 3 is 2.50 bits per heavy atom. The van der Waals surface area contributed by atoms with Crippen molar-refractivity contribution >= 4 is 17.8 Å². The Labute approximate surface area is 280 Å². The summed E-state index contributed by atoms with van der Waals surface area (Å²) < 4.78 is 18.0. The first kappa shape index (κ1) is 33.1. The van der Waals surface area contributed by atoms with Crippen LogP contribution in [0.2, 0.25) is 0 Å². The summed E-state index contributed by atoms with van der Waals surface area (Å²) in [6, 6.07) is 21.1. The average molecular weight is 654 g/mol. The van der Waals surface area contributed by atoms with E-state index in [0.29, 0.717) is 49.0 Å². The van der Waals surface area contributed by atoms with Gasteiger partial charge in [-0.1, -0.05) is 48.5 Å². The number of nitrogens with one attached hydrogen (secondary N) is 3. The van der Waals surface area contributed by atoms with Crippen molar-refractivity contribution in [3.05, 3.63) is 89.6 Å². The van der Waals surface area contributed by atoms with E-state index in [1.165, 1.54) is 12.7 Å². The molecule has 0 spiro atoms. The van der Waals surface area contributed by atoms with E-state index in [2.05, 4.69) is 38.0 Å². The molecule has 2 saturated heterocycles. The average Bonchev–Trinajstić information content (AvgIpc) is 3.68. The number of likely N-dealkylation sites (tertiary alicyclic amines) is 1. The van der Waals surface area contributed by atoms with Crippen LogP contribution in [0.4, 0.5) is 10.6 Å². The van der Waals surface area contributed by atoms with Gasteiger partial charge in [-0.15, -0.1) is 0 Å². The molecule has 2 aliphatic rings. The van der Waals surface area contributed by atoms with Crippen molar-refractivity contribution in [1.82, 2.24) is 30.3 Å². The lowest BCUT2D eigenvalue weighted by Crippen LogP contribution is -2.42. The smallest absolute Gasteiger partial charge is 0.320 e. The number of urea groups is 1. The fraction of sp³-hybridized carbons (Fsp3) is 0.389. The molecule has 0 saturated carbocycles. The summed E-state index contributed by atoms with van der Waals surface area (Å²) in [5, 5.41) is 14.3. The summed E-state index contributed by atoms with van der Waals surface area (Å²) in [5.41, 5.74) is 4.16. The monoisotopic (exact) mass is 653 g/mol. The Morgan fingerprint density at radius 2 is 1.79 bits per heavy atom. The lowest BCUT2D eigenvalue weighted by atomic mass is 9.94. The highest BCUT2D eigenvalue weighted by molar-refractivity contribution is 5.98. The van der Waals surface area contributed by atoms with Gasteiger partial charge in [-0.05, 0) is 43.5 Å². The van der Waals surface area contributed by atoms with Crippen LogP contribution in [0.5, 0.6) is 5.88 Å². The maximum atomic E-state index is 13.8. The molecule has 48 heavy (non-hydrogen) atoms. The summed E-state index contributed by atoms with van der Waals surface area (Å²) in [5.74, 6) is 0.563. The lowest BCUT2D eigenvalue weighted by molar-refractivity contribution is 0.0622. The molecule has 0 radical (unpaired) electrons. The van der Waals surface area contributed by atoms with Crippen LogP contribution in [0.15, 0.2) is 72.9 Å². The number of nitrogens with zero attached hydrogens (tertiary/aromatic N) is 4. The molecule has 4 heterocycles. The van der Waals surface area contributed by atoms with E-state index in [1.54, 1.807) is 24.1 Å². The van der Waals surface area contributed by atoms with E-state index < -0.39 is 0 Å². The summed E-state index contributed by atoms with van der Waals surface area (Å²) in [4.78, 5) is 33.9. The molecular weight excluding hydrogens is 610 g/mol. The molecule has 2 fully saturated rings. The number of aromatic nitrogens is 3. The van der Waals surface area contributed by atoms with Crippen LogP contribution in [-0.2, 0) is 9.47 Å². The molecule has 4 aromatic rings. The Balaban J connectivity index is 1.28. The second-order valence-electron chi connectivity index (χ2n) is 12.2. The molecular formula is C36H43N7O5. The number of benzene rings is 2. The lowest BCUT2D eigenvalue weighted by Gasteiger charge is -2.23. The van der Waals surface area contributed by atoms with E-state index in [0.717, 1.165) is 37.2 Å². The van der Waals surface area contributed by atoms with Gasteiger partial charge < -0.3 is 24.8 Å². The number of carbonyl (C=O) groups is 2. The van der Waals surface area contributed by atoms with E-state index in [4.69, 9.17) is 19.3 Å². The minimum atomic E-state index is -0.330. The number of rotatable bonds is 11. The van der Waals surface area contributed by atoms with Crippen molar-refractivity contribution in [1.29, 1.82) is 0 Å². The normalized spacial score (nSPS) is 19.5. The molecule has 6 rings (SSSR count). The predicted octanol–water partition coefficient (Wildman–Crippen LogP) is 4.40. The number of amides is 3. The summed E-state index contributed by atoms with van der Waals surface area (Å²) >= 11 is 0. The van der Waals surface area contributed by atoms with Crippen LogP contribution >= 0.6 is 0 Å². The Kier molecular flexibility index (Phi) is 10.6. The summed E-state index contributed by atoms with van der Waals surface area (Å²) in [6.45, 7) is 5.99. The largest absolute Gasteiger partial charge is 0.480 e. The second-order valence-corrected chi connectivity index (χ2v) is 12.2. The number of ether oxygens (including phenoxy) is 3. The predicted molar refractivity (Wildman–Crippen MR) is 183 cm³/mol. The number of methoxy groups -OCH3 is 2. The van der Waals surface area contributed by atoms with E-state index in [-0.39, 0.29) is 35.8 Å². The summed E-state index contributed by atoms with van der Waals surface area (Å²) in [7, 11) is 3.19. The quantitative estimate of drug-likeness (QED) is 0.217. The van der Waals surface area contributed by atoms with Gasteiger partial charge in [-0.3, -0.25) is 15.0 Å². The number of hydrogen-bond acceptors (Lipinski definition) is 8. The van der Waals surface area contributed by atoms with Crippen molar-refractivity contribution in [2.24, 2.45) is 0 Å². The van der Waals surface area contributed by atoms with Gasteiger partial charge in [-0.25, -0.2) is 14.5 Å². The molecule has 2 aromatic heterocycles. The minimum Gasteiger partial charge on any atom is -0.480 e. The Bertz CT molecular complexity index is 1690. The van der Waals surface area contributed by atoms with Crippen LogP contribution in [0.25, 0.3) is 16.9 Å². The van der Waals surface area contributed by atoms with Crippen LogP contribution < -0.4 is 20.7 Å². The highest BCUT2D eigenvalue weighted by atomic mass is 16.5. The molecule has 0 aliphatic carbocycles. The van der Waals surface area contributed by atoms with Crippen LogP contribution in [0, 0.1) is 6.92 Å². The molecule has 3 atom stereocenters. The van der Waals surface area contributed by atoms with Gasteiger partial charge in [-0.2, -0.15) is 5.10 Å². The molecule has 252 valence electrons. The van der Waals surface area contributed by atoms with Crippen molar-refractivity contribution in [3.8, 4) is 22.8 Å². The van der Waals surface area contributed by atoms with Gasteiger partial charge in [0.05, 0.1) is 43.8 Å². The maximum Gasteiger partial charge on any atom is 0.320 e. The highest BCUT2D eigenvalue weighted by Crippen LogP contribution is 2.33. The number of anilines is 1. The number of para-hydroxylation sites is 1. The fourth-order valence-corrected chi connectivity index (χ4v) is 6.48. The van der Waals surface area contributed by atoms with Gasteiger partial charge in [0.15, 0.2) is 0 Å². The first-order valence-corrected chi connectivity index (χ1v) is 16.4. The highest BCUT2D eigenvalue weighted by Gasteiger charge is 2.35. The molecule has 2 aromatic carbocycles. The zero-order valence-electron chi connectivity index (χ0n) is 27.6. The van der Waals surface area contributed by atoms with Crippen LogP contribution in [0.1, 0.15) is 40.2 Å². The third-order valence-electron chi connectivity index (χ3n) is 8.96.